The molecule has 1 aromatic heterocycles. The van der Waals surface area contributed by atoms with E-state index in [1.165, 1.54) is 36.5 Å². The molecule has 3 aromatic rings. The molecular weight excluding hydrogens is 366 g/mol. The van der Waals surface area contributed by atoms with Gasteiger partial charge in [0.1, 0.15) is 10.8 Å². The molecule has 0 atom stereocenters. The van der Waals surface area contributed by atoms with Crippen molar-refractivity contribution in [1.82, 2.24) is 4.98 Å². The molecular formula is C18H11Cl2FN2O2. The Morgan fingerprint density at radius 2 is 1.80 bits per heavy atom. The van der Waals surface area contributed by atoms with Gasteiger partial charge in [-0.3, -0.25) is 4.79 Å². The van der Waals surface area contributed by atoms with E-state index in [4.69, 9.17) is 27.9 Å². The highest BCUT2D eigenvalue weighted by atomic mass is 35.5. The van der Waals surface area contributed by atoms with Crippen LogP contribution in [0.2, 0.25) is 10.0 Å². The standard InChI is InChI=1S/C18H11Cl2FN2O2/c19-12-9-14(20)18(22-10-12)25-16-4-2-1-3-15(16)23-17(24)11-5-7-13(21)8-6-11/h1-10H,(H,23,24). The van der Waals surface area contributed by atoms with Gasteiger partial charge in [0.25, 0.3) is 5.91 Å². The summed E-state index contributed by atoms with van der Waals surface area (Å²) in [7, 11) is 0. The van der Waals surface area contributed by atoms with Gasteiger partial charge in [-0.15, -0.1) is 0 Å². The molecule has 1 N–H and O–H groups in total. The van der Waals surface area contributed by atoms with Crippen LogP contribution in [0.25, 0.3) is 0 Å². The highest BCUT2D eigenvalue weighted by molar-refractivity contribution is 6.35. The van der Waals surface area contributed by atoms with Gasteiger partial charge < -0.3 is 10.1 Å². The van der Waals surface area contributed by atoms with Crippen LogP contribution in [-0.2, 0) is 0 Å². The number of pyridine rings is 1. The maximum atomic E-state index is 13.0. The maximum Gasteiger partial charge on any atom is 0.255 e. The average Bonchev–Trinajstić information content (AvgIpc) is 2.59. The van der Waals surface area contributed by atoms with Crippen molar-refractivity contribution in [2.75, 3.05) is 5.32 Å². The van der Waals surface area contributed by atoms with Crippen molar-refractivity contribution in [3.05, 3.63) is 82.2 Å². The number of carbonyl (C=O) groups excluding carboxylic acids is 1. The summed E-state index contributed by atoms with van der Waals surface area (Å²) >= 11 is 11.9. The number of amides is 1. The van der Waals surface area contributed by atoms with Crippen molar-refractivity contribution in [2.24, 2.45) is 0 Å². The van der Waals surface area contributed by atoms with E-state index in [0.717, 1.165) is 0 Å². The first-order valence-electron chi connectivity index (χ1n) is 7.18. The Balaban J connectivity index is 1.83. The quantitative estimate of drug-likeness (QED) is 0.647. The first kappa shape index (κ1) is 17.2. The fraction of sp³-hybridized carbons (Fsp3) is 0. The first-order valence-corrected chi connectivity index (χ1v) is 7.93. The van der Waals surface area contributed by atoms with Gasteiger partial charge in [0.2, 0.25) is 5.88 Å². The van der Waals surface area contributed by atoms with Crippen molar-refractivity contribution in [3.8, 4) is 11.6 Å². The van der Waals surface area contributed by atoms with Crippen LogP contribution in [0.5, 0.6) is 11.6 Å². The van der Waals surface area contributed by atoms with Gasteiger partial charge in [0.15, 0.2) is 5.75 Å². The van der Waals surface area contributed by atoms with Gasteiger partial charge in [-0.1, -0.05) is 35.3 Å². The largest absolute Gasteiger partial charge is 0.435 e. The minimum atomic E-state index is -0.413. The number of aromatic nitrogens is 1. The highest BCUT2D eigenvalue weighted by Crippen LogP contribution is 2.33. The SMILES string of the molecule is O=C(Nc1ccccc1Oc1ncc(Cl)cc1Cl)c1ccc(F)cc1. The van der Waals surface area contributed by atoms with Crippen LogP contribution >= 0.6 is 23.2 Å². The smallest absolute Gasteiger partial charge is 0.255 e. The highest BCUT2D eigenvalue weighted by Gasteiger charge is 2.12. The monoisotopic (exact) mass is 376 g/mol. The molecule has 1 amide bonds. The normalized spacial score (nSPS) is 10.4. The second-order valence-corrected chi connectivity index (χ2v) is 5.84. The van der Waals surface area contributed by atoms with E-state index in [0.29, 0.717) is 22.0 Å². The fourth-order valence-corrected chi connectivity index (χ4v) is 2.45. The summed E-state index contributed by atoms with van der Waals surface area (Å²) in [6.45, 7) is 0. The lowest BCUT2D eigenvalue weighted by molar-refractivity contribution is 0.102. The predicted octanol–water partition coefficient (Wildman–Crippen LogP) is 5.57. The number of benzene rings is 2. The second-order valence-electron chi connectivity index (χ2n) is 5.00. The molecule has 0 saturated heterocycles. The Hall–Kier alpha value is -2.63. The van der Waals surface area contributed by atoms with E-state index >= 15 is 0 Å². The molecule has 0 unspecified atom stereocenters. The molecule has 126 valence electrons. The van der Waals surface area contributed by atoms with Crippen LogP contribution in [0, 0.1) is 5.82 Å². The van der Waals surface area contributed by atoms with Crippen LogP contribution in [0.4, 0.5) is 10.1 Å². The lowest BCUT2D eigenvalue weighted by Crippen LogP contribution is -2.12. The maximum absolute atomic E-state index is 13.0. The number of carbonyl (C=O) groups is 1. The Labute approximate surface area is 153 Å². The van der Waals surface area contributed by atoms with Gasteiger partial charge in [-0.25, -0.2) is 9.37 Å². The predicted molar refractivity (Wildman–Crippen MR) is 95.1 cm³/mol. The molecule has 0 aliphatic heterocycles. The summed E-state index contributed by atoms with van der Waals surface area (Å²) in [5, 5.41) is 3.34. The molecule has 0 bridgehead atoms. The zero-order valence-corrected chi connectivity index (χ0v) is 14.2. The second kappa shape index (κ2) is 7.51. The van der Waals surface area contributed by atoms with E-state index in [-0.39, 0.29) is 10.9 Å². The number of rotatable bonds is 4. The molecule has 3 rings (SSSR count). The molecule has 0 saturated carbocycles. The number of hydrogen-bond acceptors (Lipinski definition) is 3. The van der Waals surface area contributed by atoms with Crippen molar-refractivity contribution < 1.29 is 13.9 Å². The number of nitrogens with one attached hydrogen (secondary N) is 1. The van der Waals surface area contributed by atoms with Gasteiger partial charge in [0.05, 0.1) is 10.7 Å². The third-order valence-electron chi connectivity index (χ3n) is 3.22. The summed E-state index contributed by atoms with van der Waals surface area (Å²) < 4.78 is 18.6. The van der Waals surface area contributed by atoms with Crippen LogP contribution in [-0.4, -0.2) is 10.9 Å². The van der Waals surface area contributed by atoms with E-state index in [1.807, 2.05) is 0 Å². The molecule has 25 heavy (non-hydrogen) atoms. The number of nitrogens with zero attached hydrogens (tertiary/aromatic N) is 1. The number of anilines is 1. The zero-order valence-electron chi connectivity index (χ0n) is 12.7. The van der Waals surface area contributed by atoms with Crippen LogP contribution in [0.1, 0.15) is 10.4 Å². The average molecular weight is 377 g/mol. The topological polar surface area (TPSA) is 51.2 Å². The molecule has 0 aliphatic carbocycles. The molecule has 0 radical (unpaired) electrons. The Morgan fingerprint density at radius 3 is 2.52 bits per heavy atom. The Bertz CT molecular complexity index is 917. The summed E-state index contributed by atoms with van der Waals surface area (Å²) in [4.78, 5) is 16.3. The van der Waals surface area contributed by atoms with E-state index in [2.05, 4.69) is 10.3 Å². The van der Waals surface area contributed by atoms with Crippen LogP contribution in [0.3, 0.4) is 0 Å². The molecule has 0 fully saturated rings. The van der Waals surface area contributed by atoms with E-state index in [9.17, 15) is 9.18 Å². The third kappa shape index (κ3) is 4.26. The lowest BCUT2D eigenvalue weighted by atomic mass is 10.2. The molecule has 4 nitrogen and oxygen atoms in total. The minimum Gasteiger partial charge on any atom is -0.435 e. The first-order chi connectivity index (χ1) is 12.0. The Kier molecular flexibility index (Phi) is 5.16. The Morgan fingerprint density at radius 1 is 1.08 bits per heavy atom. The number of hydrogen-bond donors (Lipinski definition) is 1. The molecule has 2 aromatic carbocycles. The summed E-state index contributed by atoms with van der Waals surface area (Å²) in [5.41, 5.74) is 0.739. The number of ether oxygens (including phenoxy) is 1. The number of para-hydroxylation sites is 2. The van der Waals surface area contributed by atoms with Crippen LogP contribution < -0.4 is 10.1 Å². The van der Waals surface area contributed by atoms with Crippen molar-refractivity contribution in [2.45, 2.75) is 0 Å². The fourth-order valence-electron chi connectivity index (χ4n) is 2.04. The molecule has 0 spiro atoms. The van der Waals surface area contributed by atoms with Gasteiger partial charge >= 0.3 is 0 Å². The summed E-state index contributed by atoms with van der Waals surface area (Å²) in [6.07, 6.45) is 1.41. The van der Waals surface area contributed by atoms with Gasteiger partial charge in [-0.05, 0) is 42.5 Å². The van der Waals surface area contributed by atoms with Crippen molar-refractivity contribution in [1.29, 1.82) is 0 Å². The van der Waals surface area contributed by atoms with Gasteiger partial charge in [-0.2, -0.15) is 0 Å². The van der Waals surface area contributed by atoms with Crippen LogP contribution in [0.15, 0.2) is 60.8 Å². The molecule has 0 aliphatic rings. The lowest BCUT2D eigenvalue weighted by Gasteiger charge is -2.12. The zero-order chi connectivity index (χ0) is 17.8. The summed E-state index contributed by atoms with van der Waals surface area (Å²) in [5.74, 6) is -0.292. The van der Waals surface area contributed by atoms with Crippen molar-refractivity contribution >= 4 is 34.8 Å². The minimum absolute atomic E-state index is 0.162. The van der Waals surface area contributed by atoms with Gasteiger partial charge in [0, 0.05) is 11.8 Å². The molecule has 7 heteroatoms. The molecule has 1 heterocycles. The number of halogens is 3. The van der Waals surface area contributed by atoms with Crippen molar-refractivity contribution in [3.63, 3.8) is 0 Å². The van der Waals surface area contributed by atoms with E-state index in [1.54, 1.807) is 24.3 Å². The third-order valence-corrected chi connectivity index (χ3v) is 3.70. The summed E-state index contributed by atoms with van der Waals surface area (Å²) in [6, 6.07) is 13.5. The van der Waals surface area contributed by atoms with E-state index < -0.39 is 11.7 Å².